The van der Waals surface area contributed by atoms with Crippen LogP contribution in [0.5, 0.6) is 0 Å². The molecule has 1 N–H and O–H groups in total. The maximum Gasteiger partial charge on any atom is 0.131 e. The van der Waals surface area contributed by atoms with Crippen molar-refractivity contribution in [3.63, 3.8) is 0 Å². The van der Waals surface area contributed by atoms with Crippen molar-refractivity contribution in [2.45, 2.75) is 133 Å². The fourth-order valence-electron chi connectivity index (χ4n) is 9.09. The molecule has 4 heteroatoms. The van der Waals surface area contributed by atoms with Crippen molar-refractivity contribution in [1.29, 1.82) is 0 Å². The molecule has 6 fully saturated rings. The number of ether oxygens (including phenoxy) is 3. The van der Waals surface area contributed by atoms with Crippen LogP contribution >= 0.6 is 0 Å². The molecule has 0 aromatic rings. The van der Waals surface area contributed by atoms with Crippen LogP contribution in [0.25, 0.3) is 0 Å². The molecule has 0 bridgehead atoms. The maximum absolute atomic E-state index is 10.4. The molecule has 176 valence electrons. The molecule has 0 aromatic carbocycles. The highest BCUT2D eigenvalue weighted by Crippen LogP contribution is 2.72. The van der Waals surface area contributed by atoms with Gasteiger partial charge in [-0.25, -0.2) is 0 Å². The monoisotopic (exact) mass is 432 g/mol. The molecular weight excluding hydrogens is 388 g/mol. The Morgan fingerprint density at radius 3 is 2.52 bits per heavy atom. The van der Waals surface area contributed by atoms with Crippen LogP contribution in [-0.4, -0.2) is 46.8 Å². The largest absolute Gasteiger partial charge is 0.393 e. The standard InChI is InChI=1S/C27H44O4/c1-17(2)7-5-8-18(3)20-9-10-21-24(20,4)12-6-13-26(21)22(30-26)23-27(31-23)15-19(28)11-14-25(27)16-29-25/h17-23,28H,5-16H2,1-4H3/t18-,19+,20-,21-,22-,23-,24-,25-,26-,27-/m1/s1. The molecule has 3 spiro atoms. The Labute approximate surface area is 188 Å². The molecule has 3 aliphatic carbocycles. The third-order valence-electron chi connectivity index (χ3n) is 10.9. The van der Waals surface area contributed by atoms with Crippen LogP contribution in [0.15, 0.2) is 0 Å². The van der Waals surface area contributed by atoms with Gasteiger partial charge in [0.05, 0.1) is 12.7 Å². The lowest BCUT2D eigenvalue weighted by Crippen LogP contribution is -2.48. The lowest BCUT2D eigenvalue weighted by molar-refractivity contribution is 0.00961. The van der Waals surface area contributed by atoms with Crippen LogP contribution < -0.4 is 0 Å². The molecule has 4 nitrogen and oxygen atoms in total. The van der Waals surface area contributed by atoms with Gasteiger partial charge in [0.2, 0.25) is 0 Å². The van der Waals surface area contributed by atoms with Gasteiger partial charge in [0.1, 0.15) is 29.0 Å². The molecule has 6 aliphatic rings. The van der Waals surface area contributed by atoms with Gasteiger partial charge >= 0.3 is 0 Å². The van der Waals surface area contributed by atoms with E-state index in [9.17, 15) is 5.11 Å². The van der Waals surface area contributed by atoms with Gasteiger partial charge in [0, 0.05) is 6.42 Å². The first-order valence-corrected chi connectivity index (χ1v) is 13.4. The normalized spacial score (nSPS) is 55.7. The first kappa shape index (κ1) is 21.4. The summed E-state index contributed by atoms with van der Waals surface area (Å²) >= 11 is 0. The molecule has 31 heavy (non-hydrogen) atoms. The Hall–Kier alpha value is -0.160. The SMILES string of the molecule is CC(C)CCC[C@@H](C)[C@H]1CC[C@@H]2[C@]1(C)CCC[C@@]21O[C@@H]1[C@H]1O[C@]12C[C@@H](O)CC[C@@]21CO1. The predicted molar refractivity (Wildman–Crippen MR) is 120 cm³/mol. The van der Waals surface area contributed by atoms with Crippen molar-refractivity contribution in [2.75, 3.05) is 6.61 Å². The summed E-state index contributed by atoms with van der Waals surface area (Å²) in [5, 5.41) is 10.4. The average Bonchev–Trinajstić information content (AvgIpc) is 3.62. The Morgan fingerprint density at radius 1 is 0.968 bits per heavy atom. The Balaban J connectivity index is 1.16. The van der Waals surface area contributed by atoms with Gasteiger partial charge in [0.15, 0.2) is 0 Å². The van der Waals surface area contributed by atoms with Crippen molar-refractivity contribution in [2.24, 2.45) is 29.1 Å². The summed E-state index contributed by atoms with van der Waals surface area (Å²) in [5.74, 6) is 3.17. The molecule has 6 rings (SSSR count). The second-order valence-corrected chi connectivity index (χ2v) is 13.0. The Morgan fingerprint density at radius 2 is 1.77 bits per heavy atom. The molecule has 0 unspecified atom stereocenters. The topological polar surface area (TPSA) is 57.8 Å². The summed E-state index contributed by atoms with van der Waals surface area (Å²) in [4.78, 5) is 0. The number of aliphatic hydroxyl groups excluding tert-OH is 1. The van der Waals surface area contributed by atoms with Crippen LogP contribution in [0.2, 0.25) is 0 Å². The molecule has 3 aliphatic heterocycles. The van der Waals surface area contributed by atoms with E-state index in [4.69, 9.17) is 14.2 Å². The molecule has 3 saturated carbocycles. The number of hydrogen-bond acceptors (Lipinski definition) is 4. The van der Waals surface area contributed by atoms with E-state index in [1.165, 1.54) is 51.4 Å². The minimum absolute atomic E-state index is 0.0477. The van der Waals surface area contributed by atoms with E-state index in [-0.39, 0.29) is 35.1 Å². The first-order chi connectivity index (χ1) is 14.8. The predicted octanol–water partition coefficient (Wildman–Crippen LogP) is 5.25. The summed E-state index contributed by atoms with van der Waals surface area (Å²) in [6, 6.07) is 0. The molecule has 3 saturated heterocycles. The zero-order chi connectivity index (χ0) is 21.6. The van der Waals surface area contributed by atoms with E-state index in [0.29, 0.717) is 11.3 Å². The third-order valence-corrected chi connectivity index (χ3v) is 10.9. The van der Waals surface area contributed by atoms with Crippen LogP contribution in [0.3, 0.4) is 0 Å². The highest BCUT2D eigenvalue weighted by molar-refractivity contribution is 5.32. The van der Waals surface area contributed by atoms with Crippen molar-refractivity contribution in [3.05, 3.63) is 0 Å². The fourth-order valence-corrected chi connectivity index (χ4v) is 9.09. The maximum atomic E-state index is 10.4. The minimum atomic E-state index is -0.255. The zero-order valence-corrected chi connectivity index (χ0v) is 20.2. The molecule has 3 heterocycles. The van der Waals surface area contributed by atoms with E-state index in [1.807, 2.05) is 0 Å². The van der Waals surface area contributed by atoms with E-state index in [1.54, 1.807) is 0 Å². The zero-order valence-electron chi connectivity index (χ0n) is 20.2. The number of fused-ring (bicyclic) bond motifs is 3. The average molecular weight is 433 g/mol. The van der Waals surface area contributed by atoms with E-state index >= 15 is 0 Å². The number of epoxide rings is 3. The number of hydrogen-bond donors (Lipinski definition) is 1. The van der Waals surface area contributed by atoms with Gasteiger partial charge in [-0.05, 0) is 74.0 Å². The van der Waals surface area contributed by atoms with Gasteiger partial charge in [0.25, 0.3) is 0 Å². The summed E-state index contributed by atoms with van der Waals surface area (Å²) in [6.07, 6.45) is 13.4. The van der Waals surface area contributed by atoms with Crippen LogP contribution in [0.4, 0.5) is 0 Å². The second kappa shape index (κ2) is 6.93. The van der Waals surface area contributed by atoms with Gasteiger partial charge in [-0.15, -0.1) is 0 Å². The second-order valence-electron chi connectivity index (χ2n) is 13.0. The molecule has 0 aromatic heterocycles. The van der Waals surface area contributed by atoms with Crippen LogP contribution in [0, 0.1) is 29.1 Å². The number of rotatable bonds is 6. The van der Waals surface area contributed by atoms with Gasteiger partial charge in [-0.3, -0.25) is 0 Å². The minimum Gasteiger partial charge on any atom is -0.393 e. The van der Waals surface area contributed by atoms with Gasteiger partial charge in [-0.2, -0.15) is 0 Å². The quantitative estimate of drug-likeness (QED) is 0.582. The smallest absolute Gasteiger partial charge is 0.131 e. The van der Waals surface area contributed by atoms with Gasteiger partial charge in [-0.1, -0.05) is 47.0 Å². The first-order valence-electron chi connectivity index (χ1n) is 13.4. The third kappa shape index (κ3) is 3.00. The fraction of sp³-hybridized carbons (Fsp3) is 1.00. The van der Waals surface area contributed by atoms with Crippen LogP contribution in [0.1, 0.15) is 98.3 Å². The highest BCUT2D eigenvalue weighted by atomic mass is 16.7. The summed E-state index contributed by atoms with van der Waals surface area (Å²) < 4.78 is 19.1. The summed E-state index contributed by atoms with van der Waals surface area (Å²) in [6.45, 7) is 10.6. The van der Waals surface area contributed by atoms with Crippen molar-refractivity contribution in [1.82, 2.24) is 0 Å². The van der Waals surface area contributed by atoms with Crippen molar-refractivity contribution in [3.8, 4) is 0 Å². The van der Waals surface area contributed by atoms with Crippen molar-refractivity contribution < 1.29 is 19.3 Å². The van der Waals surface area contributed by atoms with Crippen molar-refractivity contribution >= 4 is 0 Å². The summed E-state index contributed by atoms with van der Waals surface area (Å²) in [7, 11) is 0. The van der Waals surface area contributed by atoms with Gasteiger partial charge < -0.3 is 19.3 Å². The van der Waals surface area contributed by atoms with E-state index in [0.717, 1.165) is 43.6 Å². The molecule has 10 atom stereocenters. The number of aliphatic hydroxyl groups is 1. The molecular formula is C27H44O4. The van der Waals surface area contributed by atoms with E-state index in [2.05, 4.69) is 27.7 Å². The highest BCUT2D eigenvalue weighted by Gasteiger charge is 2.84. The summed E-state index contributed by atoms with van der Waals surface area (Å²) in [5.41, 5.74) is 0.109. The Bertz CT molecular complexity index is 718. The van der Waals surface area contributed by atoms with Crippen LogP contribution in [-0.2, 0) is 14.2 Å². The molecule has 0 radical (unpaired) electrons. The van der Waals surface area contributed by atoms with E-state index < -0.39 is 0 Å². The lowest BCUT2D eigenvalue weighted by atomic mass is 9.57. The molecule has 0 amide bonds. The Kier molecular flexibility index (Phi) is 4.78. The lowest BCUT2D eigenvalue weighted by Gasteiger charge is -2.46.